The highest BCUT2D eigenvalue weighted by atomic mass is 35.5. The van der Waals surface area contributed by atoms with Crippen molar-refractivity contribution in [1.29, 1.82) is 0 Å². The van der Waals surface area contributed by atoms with Crippen LogP contribution >= 0.6 is 23.2 Å². The molecule has 2 fully saturated rings. The number of carbonyl (C=O) groups excluding carboxylic acids is 1. The van der Waals surface area contributed by atoms with Crippen molar-refractivity contribution in [1.82, 2.24) is 15.2 Å². The molecule has 6 heteroatoms. The van der Waals surface area contributed by atoms with Crippen molar-refractivity contribution in [2.24, 2.45) is 5.92 Å². The minimum atomic E-state index is -0.245. The molecule has 0 aliphatic carbocycles. The maximum absolute atomic E-state index is 13.3. The van der Waals surface area contributed by atoms with Gasteiger partial charge in [-0.05, 0) is 37.2 Å². The van der Waals surface area contributed by atoms with Gasteiger partial charge >= 0.3 is 0 Å². The van der Waals surface area contributed by atoms with Crippen LogP contribution in [0.4, 0.5) is 0 Å². The highest BCUT2D eigenvalue weighted by Crippen LogP contribution is 2.53. The van der Waals surface area contributed by atoms with Crippen LogP contribution < -0.4 is 5.32 Å². The van der Waals surface area contributed by atoms with Crippen molar-refractivity contribution >= 4 is 29.1 Å². The van der Waals surface area contributed by atoms with Gasteiger partial charge in [-0.3, -0.25) is 14.7 Å². The zero-order chi connectivity index (χ0) is 20.6. The van der Waals surface area contributed by atoms with E-state index in [1.165, 1.54) is 25.2 Å². The molecule has 3 heterocycles. The van der Waals surface area contributed by atoms with Crippen LogP contribution in [-0.4, -0.2) is 33.9 Å². The van der Waals surface area contributed by atoms with Crippen LogP contribution in [0.5, 0.6) is 0 Å². The van der Waals surface area contributed by atoms with E-state index in [2.05, 4.69) is 41.2 Å². The lowest BCUT2D eigenvalue weighted by Gasteiger charge is -2.43. The Balaban J connectivity index is 1.73. The van der Waals surface area contributed by atoms with Crippen molar-refractivity contribution in [3.05, 3.63) is 63.9 Å². The van der Waals surface area contributed by atoms with Gasteiger partial charge in [0.1, 0.15) is 0 Å². The highest BCUT2D eigenvalue weighted by Gasteiger charge is 2.56. The summed E-state index contributed by atoms with van der Waals surface area (Å²) in [6, 6.07) is 10.8. The summed E-state index contributed by atoms with van der Waals surface area (Å²) in [5.41, 5.74) is 1.35. The fourth-order valence-electron chi connectivity index (χ4n) is 5.25. The van der Waals surface area contributed by atoms with Crippen LogP contribution in [0.25, 0.3) is 0 Å². The molecule has 4 rings (SSSR count). The predicted molar refractivity (Wildman–Crippen MR) is 117 cm³/mol. The molecule has 1 unspecified atom stereocenters. The third-order valence-corrected chi connectivity index (χ3v) is 6.99. The molecule has 2 aromatic rings. The lowest BCUT2D eigenvalue weighted by molar-refractivity contribution is 0.0743. The molecular weight excluding hydrogens is 405 g/mol. The van der Waals surface area contributed by atoms with Gasteiger partial charge in [-0.25, -0.2) is 0 Å². The number of nitrogens with one attached hydrogen (secondary N) is 1. The largest absolute Gasteiger partial charge is 0.343 e. The third-order valence-electron chi connectivity index (χ3n) is 6.42. The summed E-state index contributed by atoms with van der Waals surface area (Å²) < 4.78 is 0. The number of carbonyl (C=O) groups is 1. The summed E-state index contributed by atoms with van der Waals surface area (Å²) in [6.07, 6.45) is 7.46. The van der Waals surface area contributed by atoms with E-state index in [9.17, 15) is 4.79 Å². The Bertz CT molecular complexity index is 859. The summed E-state index contributed by atoms with van der Waals surface area (Å²) >= 11 is 12.5. The molecule has 1 atom stereocenters. The number of nitrogens with zero attached hydrogens (tertiary/aromatic N) is 2. The first kappa shape index (κ1) is 20.6. The molecule has 1 N–H and O–H groups in total. The number of rotatable bonds is 6. The lowest BCUT2D eigenvalue weighted by atomic mass is 9.78. The Labute approximate surface area is 182 Å². The first-order valence-corrected chi connectivity index (χ1v) is 11.1. The van der Waals surface area contributed by atoms with Crippen LogP contribution in [0.15, 0.2) is 42.7 Å². The number of pyridine rings is 1. The van der Waals surface area contributed by atoms with E-state index >= 15 is 0 Å². The molecule has 154 valence electrons. The Morgan fingerprint density at radius 3 is 2.38 bits per heavy atom. The molecule has 1 aromatic carbocycles. The quantitative estimate of drug-likeness (QED) is 0.655. The minimum absolute atomic E-state index is 0.0715. The van der Waals surface area contributed by atoms with Crippen molar-refractivity contribution in [2.45, 2.75) is 57.2 Å². The van der Waals surface area contributed by atoms with Crippen LogP contribution in [0.2, 0.25) is 10.0 Å². The number of fused-ring (bicyclic) bond motifs is 2. The van der Waals surface area contributed by atoms with Crippen LogP contribution in [0.3, 0.4) is 0 Å². The van der Waals surface area contributed by atoms with E-state index < -0.39 is 0 Å². The molecule has 2 aliphatic rings. The Hall–Kier alpha value is -1.62. The Kier molecular flexibility index (Phi) is 5.87. The van der Waals surface area contributed by atoms with E-state index in [1.54, 1.807) is 0 Å². The standard InChI is InChI=1S/C23H27Cl2N3O/c1-15(2)14-28-17-8-10-23(28,11-9-17)21(16-6-4-3-5-7-16)27-22(29)20-18(24)12-26-13-19(20)25/h3-7,12-13,15,17,21H,8-11,14H2,1-2H3,(H,27,29). The first-order chi connectivity index (χ1) is 13.9. The van der Waals surface area contributed by atoms with Gasteiger partial charge in [-0.1, -0.05) is 67.4 Å². The summed E-state index contributed by atoms with van der Waals surface area (Å²) in [6.45, 7) is 5.57. The van der Waals surface area contributed by atoms with Crippen molar-refractivity contribution < 1.29 is 4.79 Å². The predicted octanol–water partition coefficient (Wildman–Crippen LogP) is 5.51. The van der Waals surface area contributed by atoms with Gasteiger partial charge in [-0.15, -0.1) is 0 Å². The van der Waals surface area contributed by atoms with Gasteiger partial charge < -0.3 is 5.32 Å². The molecule has 4 nitrogen and oxygen atoms in total. The zero-order valence-electron chi connectivity index (χ0n) is 16.9. The maximum Gasteiger partial charge on any atom is 0.254 e. The molecule has 2 saturated heterocycles. The second kappa shape index (κ2) is 8.25. The number of benzene rings is 1. The third kappa shape index (κ3) is 3.78. The van der Waals surface area contributed by atoms with Crippen LogP contribution in [0.1, 0.15) is 61.5 Å². The van der Waals surface area contributed by atoms with Crippen molar-refractivity contribution in [3.63, 3.8) is 0 Å². The maximum atomic E-state index is 13.3. The average molecular weight is 432 g/mol. The summed E-state index contributed by atoms with van der Waals surface area (Å²) in [5, 5.41) is 3.86. The van der Waals surface area contributed by atoms with Gasteiger partial charge in [0.15, 0.2) is 0 Å². The van der Waals surface area contributed by atoms with E-state index in [0.717, 1.165) is 24.9 Å². The van der Waals surface area contributed by atoms with Crippen LogP contribution in [-0.2, 0) is 0 Å². The van der Waals surface area contributed by atoms with Gasteiger partial charge in [0.25, 0.3) is 5.91 Å². The van der Waals surface area contributed by atoms with Crippen LogP contribution in [0, 0.1) is 5.92 Å². The number of aromatic nitrogens is 1. The van der Waals surface area contributed by atoms with Gasteiger partial charge in [0, 0.05) is 30.5 Å². The summed E-state index contributed by atoms with van der Waals surface area (Å²) in [7, 11) is 0. The molecule has 29 heavy (non-hydrogen) atoms. The monoisotopic (exact) mass is 431 g/mol. The van der Waals surface area contributed by atoms with Crippen molar-refractivity contribution in [2.75, 3.05) is 6.54 Å². The number of halogens is 2. The number of amides is 1. The van der Waals surface area contributed by atoms with Gasteiger partial charge in [-0.2, -0.15) is 0 Å². The first-order valence-electron chi connectivity index (χ1n) is 10.3. The average Bonchev–Trinajstić information content (AvgIpc) is 3.21. The molecule has 0 saturated carbocycles. The molecule has 2 aliphatic heterocycles. The molecule has 0 radical (unpaired) electrons. The molecule has 0 spiro atoms. The zero-order valence-corrected chi connectivity index (χ0v) is 18.4. The number of hydrogen-bond donors (Lipinski definition) is 1. The fraction of sp³-hybridized carbons (Fsp3) is 0.478. The summed E-state index contributed by atoms with van der Waals surface area (Å²) in [4.78, 5) is 19.9. The Morgan fingerprint density at radius 1 is 1.17 bits per heavy atom. The lowest BCUT2D eigenvalue weighted by Crippen LogP contribution is -2.53. The second-order valence-corrected chi connectivity index (χ2v) is 9.49. The van der Waals surface area contributed by atoms with Gasteiger partial charge in [0.2, 0.25) is 0 Å². The molecular formula is C23H27Cl2N3O. The minimum Gasteiger partial charge on any atom is -0.343 e. The van der Waals surface area contributed by atoms with E-state index in [4.69, 9.17) is 23.2 Å². The van der Waals surface area contributed by atoms with E-state index in [0.29, 0.717) is 17.5 Å². The van der Waals surface area contributed by atoms with E-state index in [1.807, 2.05) is 18.2 Å². The SMILES string of the molecule is CC(C)CN1C2CCC1(C(NC(=O)c1c(Cl)cncc1Cl)c1ccccc1)CC2. The highest BCUT2D eigenvalue weighted by molar-refractivity contribution is 6.39. The summed E-state index contributed by atoms with van der Waals surface area (Å²) in [5.74, 6) is 0.328. The van der Waals surface area contributed by atoms with Crippen molar-refractivity contribution in [3.8, 4) is 0 Å². The van der Waals surface area contributed by atoms with Gasteiger partial charge in [0.05, 0.1) is 21.7 Å². The van der Waals surface area contributed by atoms with E-state index in [-0.39, 0.29) is 27.5 Å². The fourth-order valence-corrected chi connectivity index (χ4v) is 5.78. The normalized spacial score (nSPS) is 24.8. The molecule has 2 bridgehead atoms. The smallest absolute Gasteiger partial charge is 0.254 e. The molecule has 1 amide bonds. The second-order valence-electron chi connectivity index (χ2n) is 8.68. The Morgan fingerprint density at radius 2 is 1.79 bits per heavy atom. The number of hydrogen-bond acceptors (Lipinski definition) is 3. The topological polar surface area (TPSA) is 45.2 Å². The molecule has 1 aromatic heterocycles.